The van der Waals surface area contributed by atoms with Crippen LogP contribution in [0.5, 0.6) is 0 Å². The number of thiophene rings is 1. The molecule has 32 heavy (non-hydrogen) atoms. The van der Waals surface area contributed by atoms with Gasteiger partial charge in [0.05, 0.1) is 31.8 Å². The van der Waals surface area contributed by atoms with E-state index in [0.29, 0.717) is 31.5 Å². The first-order chi connectivity index (χ1) is 15.4. The Morgan fingerprint density at radius 3 is 2.81 bits per heavy atom. The van der Waals surface area contributed by atoms with Gasteiger partial charge in [-0.2, -0.15) is 18.2 Å². The summed E-state index contributed by atoms with van der Waals surface area (Å²) in [6, 6.07) is 2.06. The molecule has 1 aliphatic rings. The maximum absolute atomic E-state index is 13.2. The molecule has 0 spiro atoms. The van der Waals surface area contributed by atoms with Crippen LogP contribution >= 0.6 is 11.3 Å². The van der Waals surface area contributed by atoms with Crippen LogP contribution in [0.25, 0.3) is 10.2 Å². The molecule has 0 fully saturated rings. The number of hydrogen-bond acceptors (Lipinski definition) is 9. The Morgan fingerprint density at radius 1 is 1.22 bits per heavy atom. The van der Waals surface area contributed by atoms with Crippen molar-refractivity contribution >= 4 is 33.3 Å². The summed E-state index contributed by atoms with van der Waals surface area (Å²) in [5, 5.41) is 19.9. The van der Waals surface area contributed by atoms with Gasteiger partial charge in [0, 0.05) is 24.5 Å². The smallest absolute Gasteiger partial charge is 0.394 e. The Kier molecular flexibility index (Phi) is 6.76. The number of aromatic nitrogens is 5. The maximum atomic E-state index is 13.2. The number of ether oxygens (including phenoxy) is 1. The molecule has 0 atom stereocenters. The Balaban J connectivity index is 1.62. The predicted molar refractivity (Wildman–Crippen MR) is 114 cm³/mol. The van der Waals surface area contributed by atoms with Crippen molar-refractivity contribution in [3.05, 3.63) is 22.6 Å². The third-order valence-electron chi connectivity index (χ3n) is 4.99. The van der Waals surface area contributed by atoms with Crippen molar-refractivity contribution in [2.24, 2.45) is 0 Å². The first kappa shape index (κ1) is 22.7. The van der Waals surface area contributed by atoms with Gasteiger partial charge in [-0.15, -0.1) is 21.5 Å². The lowest BCUT2D eigenvalue weighted by atomic mass is 10.2. The molecule has 0 saturated carbocycles. The van der Waals surface area contributed by atoms with E-state index in [2.05, 4.69) is 38.5 Å². The summed E-state index contributed by atoms with van der Waals surface area (Å²) < 4.78 is 45.9. The van der Waals surface area contributed by atoms with Crippen molar-refractivity contribution in [2.75, 3.05) is 43.1 Å². The monoisotopic (exact) mass is 471 g/mol. The van der Waals surface area contributed by atoms with Crippen molar-refractivity contribution in [2.45, 2.75) is 39.0 Å². The molecule has 174 valence electrons. The Labute approximate surface area is 186 Å². The minimum Gasteiger partial charge on any atom is -0.394 e. The molecule has 0 bridgehead atoms. The van der Waals surface area contributed by atoms with Crippen molar-refractivity contribution in [1.29, 1.82) is 0 Å². The van der Waals surface area contributed by atoms with Gasteiger partial charge in [0.2, 0.25) is 11.8 Å². The Morgan fingerprint density at radius 2 is 2.06 bits per heavy atom. The molecule has 2 N–H and O–H groups in total. The molecule has 4 heterocycles. The molecule has 13 heteroatoms. The second-order valence-corrected chi connectivity index (χ2v) is 8.44. The van der Waals surface area contributed by atoms with Gasteiger partial charge < -0.3 is 24.6 Å². The van der Waals surface area contributed by atoms with Gasteiger partial charge in [-0.25, -0.2) is 4.98 Å². The second kappa shape index (κ2) is 9.55. The minimum absolute atomic E-state index is 0.0440. The van der Waals surface area contributed by atoms with Crippen LogP contribution in [0.15, 0.2) is 6.07 Å². The van der Waals surface area contributed by atoms with E-state index in [4.69, 9.17) is 9.84 Å². The fourth-order valence-electron chi connectivity index (χ4n) is 3.60. The van der Waals surface area contributed by atoms with Crippen LogP contribution in [0.1, 0.15) is 29.9 Å². The van der Waals surface area contributed by atoms with E-state index in [-0.39, 0.29) is 32.1 Å². The molecule has 3 aromatic heterocycles. The molecule has 0 radical (unpaired) electrons. The topological polar surface area (TPSA) is 101 Å². The first-order valence-corrected chi connectivity index (χ1v) is 11.2. The number of rotatable bonds is 9. The molecule has 0 unspecified atom stereocenters. The number of nitrogens with one attached hydrogen (secondary N) is 1. The lowest BCUT2D eigenvalue weighted by Crippen LogP contribution is -2.36. The summed E-state index contributed by atoms with van der Waals surface area (Å²) in [7, 11) is 0. The van der Waals surface area contributed by atoms with E-state index in [0.717, 1.165) is 27.6 Å². The zero-order chi connectivity index (χ0) is 22.7. The van der Waals surface area contributed by atoms with Crippen LogP contribution in [-0.4, -0.2) is 62.7 Å². The van der Waals surface area contributed by atoms with Gasteiger partial charge >= 0.3 is 6.18 Å². The number of anilines is 2. The molecule has 3 aromatic rings. The molecule has 0 aliphatic carbocycles. The molecule has 0 saturated heterocycles. The number of aliphatic hydroxyl groups excluding tert-OH is 1. The Hall–Kier alpha value is -2.51. The van der Waals surface area contributed by atoms with Gasteiger partial charge in [-0.05, 0) is 12.5 Å². The third kappa shape index (κ3) is 4.79. The minimum atomic E-state index is -4.53. The Bertz CT molecular complexity index is 1070. The van der Waals surface area contributed by atoms with Gasteiger partial charge in [0.15, 0.2) is 5.82 Å². The van der Waals surface area contributed by atoms with E-state index in [1.165, 1.54) is 4.88 Å². The fraction of sp³-hybridized carbons (Fsp3) is 0.579. The van der Waals surface area contributed by atoms with Crippen molar-refractivity contribution < 1.29 is 23.0 Å². The molecule has 1 aliphatic heterocycles. The quantitative estimate of drug-likeness (QED) is 0.460. The summed E-state index contributed by atoms with van der Waals surface area (Å²) in [6.45, 7) is 3.80. The van der Waals surface area contributed by atoms with E-state index in [1.54, 1.807) is 11.3 Å². The highest BCUT2D eigenvalue weighted by atomic mass is 32.1. The van der Waals surface area contributed by atoms with Gasteiger partial charge in [0.25, 0.3) is 0 Å². The van der Waals surface area contributed by atoms with Gasteiger partial charge in [-0.1, -0.05) is 13.3 Å². The molecule has 9 nitrogen and oxygen atoms in total. The average Bonchev–Trinajstić information content (AvgIpc) is 3.36. The number of hydrogen-bond donors (Lipinski definition) is 2. The zero-order valence-electron chi connectivity index (χ0n) is 17.5. The molecule has 4 rings (SSSR count). The van der Waals surface area contributed by atoms with Crippen LogP contribution in [0.3, 0.4) is 0 Å². The zero-order valence-corrected chi connectivity index (χ0v) is 18.3. The van der Waals surface area contributed by atoms with Gasteiger partial charge in [0.1, 0.15) is 10.6 Å². The first-order valence-electron chi connectivity index (χ1n) is 10.4. The number of halogens is 3. The van der Waals surface area contributed by atoms with Crippen LogP contribution in [0.2, 0.25) is 0 Å². The van der Waals surface area contributed by atoms with Crippen molar-refractivity contribution in [3.63, 3.8) is 0 Å². The largest absolute Gasteiger partial charge is 0.451 e. The van der Waals surface area contributed by atoms with Crippen LogP contribution < -0.4 is 10.2 Å². The average molecular weight is 472 g/mol. The van der Waals surface area contributed by atoms with E-state index in [9.17, 15) is 13.2 Å². The van der Waals surface area contributed by atoms with E-state index < -0.39 is 12.0 Å². The molecular weight excluding hydrogens is 447 g/mol. The highest BCUT2D eigenvalue weighted by molar-refractivity contribution is 7.18. The van der Waals surface area contributed by atoms with Crippen molar-refractivity contribution in [1.82, 2.24) is 24.7 Å². The predicted octanol–water partition coefficient (Wildman–Crippen LogP) is 2.70. The summed E-state index contributed by atoms with van der Waals surface area (Å²) >= 11 is 1.59. The van der Waals surface area contributed by atoms with E-state index >= 15 is 0 Å². The third-order valence-corrected chi connectivity index (χ3v) is 6.08. The maximum Gasteiger partial charge on any atom is 0.451 e. The standard InChI is InChI=1S/C19H24F3N7O2S/c1-2-3-12-10-13-15(24-18(25-16(13)32-12)23-4-8-31-9-7-30)28-5-6-29-14(11-28)26-27-17(29)19(20,21)22/h10,30H,2-9,11H2,1H3,(H,23,24,25). The highest BCUT2D eigenvalue weighted by Crippen LogP contribution is 2.35. The number of aliphatic hydroxyl groups is 1. The number of fused-ring (bicyclic) bond motifs is 2. The number of alkyl halides is 3. The second-order valence-electron chi connectivity index (χ2n) is 7.33. The van der Waals surface area contributed by atoms with Crippen LogP contribution in [-0.2, 0) is 30.4 Å². The number of aryl methyl sites for hydroxylation is 1. The van der Waals surface area contributed by atoms with Crippen molar-refractivity contribution in [3.8, 4) is 0 Å². The summed E-state index contributed by atoms with van der Waals surface area (Å²) in [5.74, 6) is 0.375. The number of nitrogens with zero attached hydrogens (tertiary/aromatic N) is 6. The lowest BCUT2D eigenvalue weighted by molar-refractivity contribution is -0.147. The SMILES string of the molecule is CCCc1cc2c(N3CCn4c(nnc4C(F)(F)F)C3)nc(NCCOCCO)nc2s1. The lowest BCUT2D eigenvalue weighted by Gasteiger charge is -2.29. The van der Waals surface area contributed by atoms with Gasteiger partial charge in [-0.3, -0.25) is 0 Å². The summed E-state index contributed by atoms with van der Waals surface area (Å²) in [4.78, 5) is 13.2. The van der Waals surface area contributed by atoms with E-state index in [1.807, 2.05) is 4.90 Å². The summed E-state index contributed by atoms with van der Waals surface area (Å²) in [6.07, 6.45) is -2.62. The molecular formula is C19H24F3N7O2S. The van der Waals surface area contributed by atoms with Crippen LogP contribution in [0.4, 0.5) is 24.9 Å². The normalized spacial score (nSPS) is 14.2. The van der Waals surface area contributed by atoms with Crippen LogP contribution in [0, 0.1) is 0 Å². The summed E-state index contributed by atoms with van der Waals surface area (Å²) in [5.41, 5.74) is 0. The fourth-order valence-corrected chi connectivity index (χ4v) is 4.72. The molecule has 0 aromatic carbocycles. The highest BCUT2D eigenvalue weighted by Gasteiger charge is 2.39. The molecule has 0 amide bonds.